The van der Waals surface area contributed by atoms with Crippen LogP contribution in [0.2, 0.25) is 0 Å². The molecule has 22 heavy (non-hydrogen) atoms. The van der Waals surface area contributed by atoms with Crippen LogP contribution in [0, 0.1) is 11.8 Å². The van der Waals surface area contributed by atoms with Gasteiger partial charge >= 0.3 is 5.97 Å². The fourth-order valence-electron chi connectivity index (χ4n) is 2.87. The fourth-order valence-corrected chi connectivity index (χ4v) is 2.87. The van der Waals surface area contributed by atoms with Crippen molar-refractivity contribution in [1.82, 2.24) is 5.32 Å². The third-order valence-electron chi connectivity index (χ3n) is 3.81. The molecule has 126 valence electrons. The molecule has 1 atom stereocenters. The number of carbonyl (C=O) groups is 3. The minimum atomic E-state index is -0.551. The standard InChI is InChI=1S/C17H29NO4/c1-12(19)11-18-16(21)14(9-13-7-5-6-8-13)10-15(20)22-17(2,3)4/h13-14H,5-11H2,1-4H3,(H,18,21). The molecule has 0 aromatic rings. The second kappa shape index (κ2) is 8.30. The average Bonchev–Trinajstić information content (AvgIpc) is 2.85. The molecule has 0 saturated heterocycles. The summed E-state index contributed by atoms with van der Waals surface area (Å²) in [6.07, 6.45) is 5.40. The number of esters is 1. The Hall–Kier alpha value is -1.39. The summed E-state index contributed by atoms with van der Waals surface area (Å²) in [6.45, 7) is 6.89. The van der Waals surface area contributed by atoms with Crippen LogP contribution in [0.3, 0.4) is 0 Å². The Balaban J connectivity index is 2.61. The van der Waals surface area contributed by atoms with Crippen molar-refractivity contribution in [3.05, 3.63) is 0 Å². The molecule has 1 amide bonds. The van der Waals surface area contributed by atoms with E-state index in [0.29, 0.717) is 12.3 Å². The molecule has 0 aliphatic heterocycles. The molecule has 1 unspecified atom stereocenters. The topological polar surface area (TPSA) is 72.5 Å². The minimum absolute atomic E-state index is 0.0221. The van der Waals surface area contributed by atoms with Gasteiger partial charge < -0.3 is 10.1 Å². The molecule has 1 aliphatic carbocycles. The van der Waals surface area contributed by atoms with E-state index in [9.17, 15) is 14.4 Å². The van der Waals surface area contributed by atoms with E-state index in [4.69, 9.17) is 4.74 Å². The third kappa shape index (κ3) is 7.57. The first-order valence-corrected chi connectivity index (χ1v) is 8.16. The molecule has 1 fully saturated rings. The van der Waals surface area contributed by atoms with E-state index >= 15 is 0 Å². The SMILES string of the molecule is CC(=O)CNC(=O)C(CC(=O)OC(C)(C)C)CC1CCCC1. The van der Waals surface area contributed by atoms with Gasteiger partial charge in [-0.25, -0.2) is 0 Å². The van der Waals surface area contributed by atoms with Crippen LogP contribution in [0.15, 0.2) is 0 Å². The molecule has 5 heteroatoms. The van der Waals surface area contributed by atoms with Crippen molar-refractivity contribution in [2.75, 3.05) is 6.54 Å². The molecular weight excluding hydrogens is 282 g/mol. The fraction of sp³-hybridized carbons (Fsp3) is 0.824. The lowest BCUT2D eigenvalue weighted by atomic mass is 9.90. The van der Waals surface area contributed by atoms with Crippen molar-refractivity contribution in [1.29, 1.82) is 0 Å². The summed E-state index contributed by atoms with van der Waals surface area (Å²) in [5.41, 5.74) is -0.551. The molecule has 0 aromatic heterocycles. The van der Waals surface area contributed by atoms with Crippen LogP contribution in [0.1, 0.15) is 66.2 Å². The normalized spacial score (nSPS) is 17.1. The highest BCUT2D eigenvalue weighted by Crippen LogP contribution is 2.31. The van der Waals surface area contributed by atoms with Gasteiger partial charge in [-0.3, -0.25) is 14.4 Å². The van der Waals surface area contributed by atoms with Crippen LogP contribution in [0.5, 0.6) is 0 Å². The second-order valence-corrected chi connectivity index (χ2v) is 7.29. The van der Waals surface area contributed by atoms with Crippen LogP contribution < -0.4 is 5.32 Å². The van der Waals surface area contributed by atoms with Gasteiger partial charge in [0.25, 0.3) is 0 Å². The lowest BCUT2D eigenvalue weighted by Gasteiger charge is -2.23. The van der Waals surface area contributed by atoms with Gasteiger partial charge in [0.05, 0.1) is 13.0 Å². The maximum Gasteiger partial charge on any atom is 0.307 e. The van der Waals surface area contributed by atoms with E-state index in [-0.39, 0.29) is 30.6 Å². The second-order valence-electron chi connectivity index (χ2n) is 7.29. The number of rotatable bonds is 7. The number of hydrogen-bond donors (Lipinski definition) is 1. The van der Waals surface area contributed by atoms with Crippen molar-refractivity contribution >= 4 is 17.7 Å². The van der Waals surface area contributed by atoms with Crippen LogP contribution in [0.25, 0.3) is 0 Å². The van der Waals surface area contributed by atoms with E-state index < -0.39 is 11.5 Å². The molecule has 1 N–H and O–H groups in total. The molecule has 1 aliphatic rings. The number of ether oxygens (including phenoxy) is 1. The summed E-state index contributed by atoms with van der Waals surface area (Å²) in [7, 11) is 0. The number of Topliss-reactive ketones (excluding diaryl/α,β-unsaturated/α-hetero) is 1. The van der Waals surface area contributed by atoms with Crippen molar-refractivity contribution in [3.8, 4) is 0 Å². The van der Waals surface area contributed by atoms with Gasteiger partial charge in [0, 0.05) is 5.92 Å². The minimum Gasteiger partial charge on any atom is -0.460 e. The van der Waals surface area contributed by atoms with Crippen molar-refractivity contribution in [3.63, 3.8) is 0 Å². The summed E-state index contributed by atoms with van der Waals surface area (Å²) < 4.78 is 5.32. The number of ketones is 1. The average molecular weight is 311 g/mol. The van der Waals surface area contributed by atoms with Gasteiger partial charge in [-0.15, -0.1) is 0 Å². The molecule has 0 radical (unpaired) electrons. The molecule has 0 bridgehead atoms. The van der Waals surface area contributed by atoms with Crippen LogP contribution in [-0.2, 0) is 19.1 Å². The number of carbonyl (C=O) groups excluding carboxylic acids is 3. The first kappa shape index (κ1) is 18.7. The van der Waals surface area contributed by atoms with Gasteiger partial charge in [0.15, 0.2) is 0 Å². The molecule has 0 heterocycles. The predicted octanol–water partition coefficient (Wildman–Crippen LogP) is 2.62. The van der Waals surface area contributed by atoms with Gasteiger partial charge in [0.1, 0.15) is 11.4 Å². The summed E-state index contributed by atoms with van der Waals surface area (Å²) >= 11 is 0. The summed E-state index contributed by atoms with van der Waals surface area (Å²) in [6, 6.07) is 0. The lowest BCUT2D eigenvalue weighted by molar-refractivity contribution is -0.157. The van der Waals surface area contributed by atoms with Crippen molar-refractivity contribution < 1.29 is 19.1 Å². The summed E-state index contributed by atoms with van der Waals surface area (Å²) in [4.78, 5) is 35.3. The third-order valence-corrected chi connectivity index (χ3v) is 3.81. The lowest BCUT2D eigenvalue weighted by Crippen LogP contribution is -2.37. The van der Waals surface area contributed by atoms with Gasteiger partial charge in [-0.1, -0.05) is 25.7 Å². The van der Waals surface area contributed by atoms with E-state index in [1.807, 2.05) is 20.8 Å². The Kier molecular flexibility index (Phi) is 7.04. The molecule has 1 rings (SSSR count). The molecule has 5 nitrogen and oxygen atoms in total. The van der Waals surface area contributed by atoms with Crippen LogP contribution in [-0.4, -0.2) is 29.8 Å². The summed E-state index contributed by atoms with van der Waals surface area (Å²) in [5.74, 6) is -0.570. The van der Waals surface area contributed by atoms with E-state index in [0.717, 1.165) is 12.8 Å². The molecule has 0 aromatic carbocycles. The first-order valence-electron chi connectivity index (χ1n) is 8.16. The zero-order valence-electron chi connectivity index (χ0n) is 14.2. The monoisotopic (exact) mass is 311 g/mol. The van der Waals surface area contributed by atoms with E-state index in [1.165, 1.54) is 19.8 Å². The highest BCUT2D eigenvalue weighted by Gasteiger charge is 2.29. The largest absolute Gasteiger partial charge is 0.460 e. The summed E-state index contributed by atoms with van der Waals surface area (Å²) in [5, 5.41) is 2.63. The molecular formula is C17H29NO4. The van der Waals surface area contributed by atoms with Gasteiger partial charge in [0.2, 0.25) is 5.91 Å². The zero-order chi connectivity index (χ0) is 16.8. The number of nitrogens with one attached hydrogen (secondary N) is 1. The highest BCUT2D eigenvalue weighted by molar-refractivity contribution is 5.87. The number of amides is 1. The number of hydrogen-bond acceptors (Lipinski definition) is 4. The Morgan fingerprint density at radius 1 is 1.18 bits per heavy atom. The van der Waals surface area contributed by atoms with Gasteiger partial charge in [-0.05, 0) is 40.0 Å². The maximum atomic E-state index is 12.3. The highest BCUT2D eigenvalue weighted by atomic mass is 16.6. The predicted molar refractivity (Wildman–Crippen MR) is 84.2 cm³/mol. The first-order chi connectivity index (χ1) is 10.2. The van der Waals surface area contributed by atoms with Crippen molar-refractivity contribution in [2.24, 2.45) is 11.8 Å². The van der Waals surface area contributed by atoms with E-state index in [2.05, 4.69) is 5.32 Å². The van der Waals surface area contributed by atoms with Crippen LogP contribution >= 0.6 is 0 Å². The molecule has 0 spiro atoms. The Labute approximate surface area is 133 Å². The Morgan fingerprint density at radius 3 is 2.27 bits per heavy atom. The maximum absolute atomic E-state index is 12.3. The smallest absolute Gasteiger partial charge is 0.307 e. The van der Waals surface area contributed by atoms with Crippen molar-refractivity contribution in [2.45, 2.75) is 71.8 Å². The van der Waals surface area contributed by atoms with Crippen LogP contribution in [0.4, 0.5) is 0 Å². The Bertz CT molecular complexity index is 405. The van der Waals surface area contributed by atoms with Gasteiger partial charge in [-0.2, -0.15) is 0 Å². The zero-order valence-corrected chi connectivity index (χ0v) is 14.2. The molecule has 1 saturated carbocycles. The quantitative estimate of drug-likeness (QED) is 0.734. The van der Waals surface area contributed by atoms with E-state index in [1.54, 1.807) is 0 Å². The Morgan fingerprint density at radius 2 is 1.77 bits per heavy atom.